The smallest absolute Gasteiger partial charge is 0.178 e. The molecule has 0 bridgehead atoms. The number of anilines is 2. The molecule has 2 fully saturated rings. The summed E-state index contributed by atoms with van der Waals surface area (Å²) in [7, 11) is 1.75. The number of carbonyl (C=O) groups is 1. The third-order valence-corrected chi connectivity index (χ3v) is 5.49. The van der Waals surface area contributed by atoms with Crippen LogP contribution >= 0.6 is 11.3 Å². The zero-order valence-electron chi connectivity index (χ0n) is 11.9. The molecular formula is C15H22N2O2S. The molecule has 1 aromatic heterocycles. The van der Waals surface area contributed by atoms with Crippen LogP contribution in [0.25, 0.3) is 0 Å². The number of hydrogen-bond acceptors (Lipinski definition) is 5. The van der Waals surface area contributed by atoms with Gasteiger partial charge in [0.1, 0.15) is 0 Å². The summed E-state index contributed by atoms with van der Waals surface area (Å²) in [6, 6.07) is 1.91. The number of rotatable bonds is 8. The minimum atomic E-state index is 0.236. The van der Waals surface area contributed by atoms with E-state index in [-0.39, 0.29) is 11.7 Å². The van der Waals surface area contributed by atoms with Gasteiger partial charge in [0, 0.05) is 26.2 Å². The van der Waals surface area contributed by atoms with Gasteiger partial charge in [0.2, 0.25) is 0 Å². The average molecular weight is 294 g/mol. The Hall–Kier alpha value is -1.07. The summed E-state index contributed by atoms with van der Waals surface area (Å²) in [5.41, 5.74) is 7.01. The van der Waals surface area contributed by atoms with Crippen LogP contribution in [0.3, 0.4) is 0 Å². The molecule has 2 aliphatic rings. The number of nitrogen functional groups attached to an aromatic ring is 1. The van der Waals surface area contributed by atoms with E-state index < -0.39 is 0 Å². The van der Waals surface area contributed by atoms with Crippen molar-refractivity contribution in [1.29, 1.82) is 0 Å². The predicted octanol–water partition coefficient (Wildman–Crippen LogP) is 3.15. The van der Waals surface area contributed by atoms with Gasteiger partial charge in [0.05, 0.1) is 15.6 Å². The van der Waals surface area contributed by atoms with Crippen molar-refractivity contribution in [2.24, 2.45) is 11.3 Å². The molecule has 0 aromatic carbocycles. The largest absolute Gasteiger partial charge is 0.397 e. The Balaban J connectivity index is 1.58. The lowest BCUT2D eigenvalue weighted by molar-refractivity contribution is 0.0972. The zero-order valence-corrected chi connectivity index (χ0v) is 12.7. The van der Waals surface area contributed by atoms with Crippen LogP contribution in [-0.2, 0) is 4.74 Å². The number of hydrogen-bond donors (Lipinski definition) is 2. The molecule has 3 rings (SSSR count). The van der Waals surface area contributed by atoms with Crippen LogP contribution in [0, 0.1) is 11.3 Å². The lowest BCUT2D eigenvalue weighted by Gasteiger charge is -2.15. The maximum Gasteiger partial charge on any atom is 0.178 e. The minimum Gasteiger partial charge on any atom is -0.397 e. The van der Waals surface area contributed by atoms with Gasteiger partial charge in [-0.05, 0) is 43.6 Å². The number of nitrogens with one attached hydrogen (secondary N) is 1. The van der Waals surface area contributed by atoms with Gasteiger partial charge in [-0.3, -0.25) is 4.79 Å². The number of thiophene rings is 1. The molecule has 0 radical (unpaired) electrons. The van der Waals surface area contributed by atoms with E-state index >= 15 is 0 Å². The molecule has 0 amide bonds. The van der Waals surface area contributed by atoms with Crippen molar-refractivity contribution in [1.82, 2.24) is 0 Å². The summed E-state index contributed by atoms with van der Waals surface area (Å²) in [5, 5.41) is 4.49. The molecule has 0 aliphatic heterocycles. The summed E-state index contributed by atoms with van der Waals surface area (Å²) >= 11 is 1.51. The summed E-state index contributed by atoms with van der Waals surface area (Å²) in [4.78, 5) is 12.8. The quantitative estimate of drug-likeness (QED) is 0.723. The topological polar surface area (TPSA) is 64.3 Å². The number of carbonyl (C=O) groups excluding carboxylic acids is 1. The molecule has 3 N–H and O–H groups in total. The van der Waals surface area contributed by atoms with Gasteiger partial charge >= 0.3 is 0 Å². The monoisotopic (exact) mass is 294 g/mol. The molecule has 1 aromatic rings. The van der Waals surface area contributed by atoms with Crippen molar-refractivity contribution < 1.29 is 9.53 Å². The Kier molecular flexibility index (Phi) is 3.73. The Morgan fingerprint density at radius 3 is 2.90 bits per heavy atom. The molecule has 110 valence electrons. The molecule has 0 spiro atoms. The molecule has 0 unspecified atom stereocenters. The van der Waals surface area contributed by atoms with E-state index in [9.17, 15) is 4.79 Å². The van der Waals surface area contributed by atoms with Crippen LogP contribution in [0.15, 0.2) is 6.07 Å². The van der Waals surface area contributed by atoms with Gasteiger partial charge in [0.15, 0.2) is 5.78 Å². The Morgan fingerprint density at radius 2 is 2.30 bits per heavy atom. The summed E-state index contributed by atoms with van der Waals surface area (Å²) in [6.45, 7) is 1.77. The van der Waals surface area contributed by atoms with Gasteiger partial charge in [-0.15, -0.1) is 11.3 Å². The molecule has 5 heteroatoms. The third kappa shape index (κ3) is 2.99. The predicted molar refractivity (Wildman–Crippen MR) is 82.4 cm³/mol. The van der Waals surface area contributed by atoms with Crippen molar-refractivity contribution >= 4 is 27.8 Å². The fraction of sp³-hybridized carbons (Fsp3) is 0.667. The summed E-state index contributed by atoms with van der Waals surface area (Å²) in [6.07, 6.45) is 5.68. The second kappa shape index (κ2) is 5.37. The first kappa shape index (κ1) is 13.9. The van der Waals surface area contributed by atoms with Crippen LogP contribution in [0.5, 0.6) is 0 Å². The fourth-order valence-corrected chi connectivity index (χ4v) is 3.50. The van der Waals surface area contributed by atoms with Gasteiger partial charge < -0.3 is 15.8 Å². The number of methoxy groups -OCH3 is 1. The van der Waals surface area contributed by atoms with Gasteiger partial charge in [-0.2, -0.15) is 0 Å². The lowest BCUT2D eigenvalue weighted by Crippen LogP contribution is -2.16. The molecule has 4 nitrogen and oxygen atoms in total. The van der Waals surface area contributed by atoms with Crippen LogP contribution in [0.1, 0.15) is 41.8 Å². The average Bonchev–Trinajstić information content (AvgIpc) is 3.34. The zero-order chi connectivity index (χ0) is 14.2. The Labute approximate surface area is 123 Å². The fourth-order valence-electron chi connectivity index (χ4n) is 2.50. The normalized spacial score (nSPS) is 19.9. The van der Waals surface area contributed by atoms with Gasteiger partial charge in [-0.25, -0.2) is 0 Å². The van der Waals surface area contributed by atoms with Gasteiger partial charge in [-0.1, -0.05) is 0 Å². The highest BCUT2D eigenvalue weighted by atomic mass is 32.1. The van der Waals surface area contributed by atoms with E-state index in [4.69, 9.17) is 10.5 Å². The summed E-state index contributed by atoms with van der Waals surface area (Å²) < 4.78 is 5.17. The second-order valence-corrected chi connectivity index (χ2v) is 7.18. The van der Waals surface area contributed by atoms with Crippen molar-refractivity contribution in [3.05, 3.63) is 10.9 Å². The van der Waals surface area contributed by atoms with E-state index in [2.05, 4.69) is 5.32 Å². The van der Waals surface area contributed by atoms with Gasteiger partial charge in [0.25, 0.3) is 0 Å². The van der Waals surface area contributed by atoms with Crippen molar-refractivity contribution in [2.75, 3.05) is 31.3 Å². The van der Waals surface area contributed by atoms with Crippen molar-refractivity contribution in [2.45, 2.75) is 32.1 Å². The molecule has 0 atom stereocenters. The molecule has 20 heavy (non-hydrogen) atoms. The SMILES string of the molecule is COCCC1(CNc2cc(N)c(C(=O)C3CC3)s2)CC1. The number of nitrogens with two attached hydrogens (primary N) is 1. The van der Waals surface area contributed by atoms with Crippen molar-refractivity contribution in [3.8, 4) is 0 Å². The Bertz CT molecular complexity index is 504. The molecule has 2 saturated carbocycles. The molecule has 1 heterocycles. The van der Waals surface area contributed by atoms with Crippen molar-refractivity contribution in [3.63, 3.8) is 0 Å². The van der Waals surface area contributed by atoms with Crippen LogP contribution < -0.4 is 11.1 Å². The van der Waals surface area contributed by atoms with E-state index in [0.29, 0.717) is 11.1 Å². The standard InChI is InChI=1S/C15H22N2O2S/c1-19-7-6-15(4-5-15)9-17-12-8-11(16)14(20-12)13(18)10-2-3-10/h8,10,17H,2-7,9,16H2,1H3. The molecular weight excluding hydrogens is 272 g/mol. The molecule has 0 saturated heterocycles. The lowest BCUT2D eigenvalue weighted by atomic mass is 10.0. The summed E-state index contributed by atoms with van der Waals surface area (Å²) in [5.74, 6) is 0.473. The highest BCUT2D eigenvalue weighted by Gasteiger charge is 2.41. The third-order valence-electron chi connectivity index (χ3n) is 4.36. The van der Waals surface area contributed by atoms with E-state index in [1.54, 1.807) is 7.11 Å². The van der Waals surface area contributed by atoms with Crippen LogP contribution in [-0.4, -0.2) is 26.0 Å². The maximum absolute atomic E-state index is 12.1. The highest BCUT2D eigenvalue weighted by molar-refractivity contribution is 7.18. The first-order valence-corrected chi connectivity index (χ1v) is 8.11. The van der Waals surface area contributed by atoms with E-state index in [0.717, 1.165) is 42.3 Å². The maximum atomic E-state index is 12.1. The number of Topliss-reactive ketones (excluding diaryl/α,β-unsaturated/α-hetero) is 1. The second-order valence-electron chi connectivity index (χ2n) is 6.13. The van der Waals surface area contributed by atoms with Crippen LogP contribution in [0.2, 0.25) is 0 Å². The van der Waals surface area contributed by atoms with E-state index in [1.165, 1.54) is 24.2 Å². The molecule has 2 aliphatic carbocycles. The highest BCUT2D eigenvalue weighted by Crippen LogP contribution is 2.49. The first-order chi connectivity index (χ1) is 9.63. The minimum absolute atomic E-state index is 0.236. The Morgan fingerprint density at radius 1 is 1.55 bits per heavy atom. The number of ether oxygens (including phenoxy) is 1. The number of ketones is 1. The van der Waals surface area contributed by atoms with Crippen LogP contribution in [0.4, 0.5) is 10.7 Å². The van der Waals surface area contributed by atoms with E-state index in [1.807, 2.05) is 6.07 Å². The first-order valence-electron chi connectivity index (χ1n) is 7.30.